The van der Waals surface area contributed by atoms with Gasteiger partial charge in [0.25, 0.3) is 5.91 Å². The van der Waals surface area contributed by atoms with Gasteiger partial charge < -0.3 is 14.3 Å². The molecule has 2 rings (SSSR count). The topological polar surface area (TPSA) is 67.5 Å². The lowest BCUT2D eigenvalue weighted by molar-refractivity contribution is 0.0921. The van der Waals surface area contributed by atoms with Crippen molar-refractivity contribution < 1.29 is 14.0 Å². The molecule has 0 aromatic carbocycles. The monoisotopic (exact) mass is 331 g/mol. The summed E-state index contributed by atoms with van der Waals surface area (Å²) in [6.07, 6.45) is 3.32. The number of aryl methyl sites for hydroxylation is 1. The number of rotatable bonds is 8. The molecule has 0 saturated carbocycles. The number of amides is 1. The lowest BCUT2D eigenvalue weighted by atomic mass is 10.1. The van der Waals surface area contributed by atoms with E-state index in [9.17, 15) is 9.59 Å². The van der Waals surface area contributed by atoms with Gasteiger partial charge in [-0.25, -0.2) is 0 Å². The van der Waals surface area contributed by atoms with Crippen LogP contribution in [0.3, 0.4) is 0 Å². The zero-order valence-corrected chi connectivity index (χ0v) is 14.7. The van der Waals surface area contributed by atoms with Gasteiger partial charge in [-0.1, -0.05) is 13.8 Å². The molecule has 0 fully saturated rings. The Labute approximate surface area is 142 Å². The van der Waals surface area contributed by atoms with Crippen molar-refractivity contribution in [1.29, 1.82) is 0 Å². The maximum atomic E-state index is 12.5. The second-order valence-electron chi connectivity index (χ2n) is 5.74. The van der Waals surface area contributed by atoms with Crippen LogP contribution >= 0.6 is 0 Å². The van der Waals surface area contributed by atoms with Crippen molar-refractivity contribution in [3.8, 4) is 0 Å². The van der Waals surface area contributed by atoms with Gasteiger partial charge >= 0.3 is 0 Å². The quantitative estimate of drug-likeness (QED) is 0.755. The van der Waals surface area contributed by atoms with Gasteiger partial charge in [0.15, 0.2) is 5.78 Å². The Bertz CT molecular complexity index is 684. The molecule has 0 aliphatic rings. The molecule has 2 aromatic rings. The van der Waals surface area contributed by atoms with Crippen molar-refractivity contribution in [2.24, 2.45) is 7.05 Å². The van der Waals surface area contributed by atoms with E-state index >= 15 is 0 Å². The molecule has 0 radical (unpaired) electrons. The lowest BCUT2D eigenvalue weighted by Crippen LogP contribution is -2.38. The number of likely N-dealkylation sites (N-methyl/N-ethyl adjacent to an activating group) is 1. The summed E-state index contributed by atoms with van der Waals surface area (Å²) < 4.78 is 7.21. The molecule has 0 spiro atoms. The van der Waals surface area contributed by atoms with Crippen LogP contribution in [0.4, 0.5) is 0 Å². The van der Waals surface area contributed by atoms with E-state index in [-0.39, 0.29) is 17.7 Å². The standard InChI is InChI=1S/C18H25N3O3/c1-5-21(6-2)16(17-8-7-9-24-17)11-19-18(23)15-10-14(13(3)22)12-20(15)4/h7-10,12,16H,5-6,11H2,1-4H3,(H,19,23)/t16-/m1/s1. The molecule has 130 valence electrons. The number of aromatic nitrogens is 1. The van der Waals surface area contributed by atoms with Crippen LogP contribution in [-0.2, 0) is 7.05 Å². The van der Waals surface area contributed by atoms with Gasteiger partial charge in [-0.15, -0.1) is 0 Å². The van der Waals surface area contributed by atoms with Gasteiger partial charge in [-0.05, 0) is 38.2 Å². The molecule has 6 nitrogen and oxygen atoms in total. The van der Waals surface area contributed by atoms with Crippen LogP contribution in [0.25, 0.3) is 0 Å². The first-order valence-electron chi connectivity index (χ1n) is 8.20. The van der Waals surface area contributed by atoms with E-state index in [2.05, 4.69) is 24.1 Å². The van der Waals surface area contributed by atoms with Crippen LogP contribution in [0.5, 0.6) is 0 Å². The minimum Gasteiger partial charge on any atom is -0.468 e. The average molecular weight is 331 g/mol. The molecular weight excluding hydrogens is 306 g/mol. The third kappa shape index (κ3) is 3.94. The fourth-order valence-electron chi connectivity index (χ4n) is 2.82. The van der Waals surface area contributed by atoms with E-state index < -0.39 is 0 Å². The van der Waals surface area contributed by atoms with Crippen molar-refractivity contribution in [2.45, 2.75) is 26.8 Å². The lowest BCUT2D eigenvalue weighted by Gasteiger charge is -2.28. The molecule has 6 heteroatoms. The Kier molecular flexibility index (Phi) is 5.98. The summed E-state index contributed by atoms with van der Waals surface area (Å²) in [5.74, 6) is 0.574. The first-order valence-corrected chi connectivity index (χ1v) is 8.20. The first kappa shape index (κ1) is 18.0. The zero-order chi connectivity index (χ0) is 17.7. The number of carbonyl (C=O) groups excluding carboxylic acids is 2. The summed E-state index contributed by atoms with van der Waals surface area (Å²) in [7, 11) is 1.76. The van der Waals surface area contributed by atoms with Crippen molar-refractivity contribution in [3.63, 3.8) is 0 Å². The summed E-state index contributed by atoms with van der Waals surface area (Å²) >= 11 is 0. The summed E-state index contributed by atoms with van der Waals surface area (Å²) in [4.78, 5) is 26.2. The van der Waals surface area contributed by atoms with Crippen molar-refractivity contribution in [1.82, 2.24) is 14.8 Å². The smallest absolute Gasteiger partial charge is 0.267 e. The van der Waals surface area contributed by atoms with Gasteiger partial charge in [0.05, 0.1) is 12.3 Å². The molecule has 0 bridgehead atoms. The van der Waals surface area contributed by atoms with Crippen LogP contribution in [0.1, 0.15) is 53.4 Å². The maximum Gasteiger partial charge on any atom is 0.267 e. The van der Waals surface area contributed by atoms with Crippen LogP contribution in [0.15, 0.2) is 35.1 Å². The number of hydrogen-bond donors (Lipinski definition) is 1. The fraction of sp³-hybridized carbons (Fsp3) is 0.444. The molecule has 1 N–H and O–H groups in total. The van der Waals surface area contributed by atoms with Gasteiger partial charge in [0, 0.05) is 25.4 Å². The molecule has 2 heterocycles. The molecule has 0 saturated heterocycles. The van der Waals surface area contributed by atoms with Crippen LogP contribution in [0, 0.1) is 0 Å². The van der Waals surface area contributed by atoms with E-state index in [4.69, 9.17) is 4.42 Å². The number of hydrogen-bond acceptors (Lipinski definition) is 4. The SMILES string of the molecule is CCN(CC)[C@H](CNC(=O)c1cc(C(C)=O)cn1C)c1ccco1. The van der Waals surface area contributed by atoms with E-state index in [1.807, 2.05) is 12.1 Å². The molecule has 1 amide bonds. The Morgan fingerprint density at radius 3 is 2.54 bits per heavy atom. The highest BCUT2D eigenvalue weighted by atomic mass is 16.3. The normalized spacial score (nSPS) is 12.4. The predicted molar refractivity (Wildman–Crippen MR) is 92.1 cm³/mol. The molecule has 0 aliphatic heterocycles. The number of nitrogens with zero attached hydrogens (tertiary/aromatic N) is 2. The predicted octanol–water partition coefficient (Wildman–Crippen LogP) is 2.63. The van der Waals surface area contributed by atoms with Gasteiger partial charge in [-0.2, -0.15) is 0 Å². The summed E-state index contributed by atoms with van der Waals surface area (Å²) in [5.41, 5.74) is 1.01. The zero-order valence-electron chi connectivity index (χ0n) is 14.7. The minimum atomic E-state index is -0.200. The van der Waals surface area contributed by atoms with E-state index in [1.165, 1.54) is 6.92 Å². The van der Waals surface area contributed by atoms with Crippen LogP contribution in [0.2, 0.25) is 0 Å². The number of carbonyl (C=O) groups is 2. The van der Waals surface area contributed by atoms with Crippen molar-refractivity contribution in [3.05, 3.63) is 47.7 Å². The third-order valence-corrected chi connectivity index (χ3v) is 4.22. The Balaban J connectivity index is 2.11. The molecule has 1 atom stereocenters. The second-order valence-corrected chi connectivity index (χ2v) is 5.74. The van der Waals surface area contributed by atoms with E-state index in [0.29, 0.717) is 17.8 Å². The first-order chi connectivity index (χ1) is 11.5. The number of Topliss-reactive ketones (excluding diaryl/α,β-unsaturated/α-hetero) is 1. The molecule has 2 aromatic heterocycles. The highest BCUT2D eigenvalue weighted by Gasteiger charge is 2.22. The molecule has 0 unspecified atom stereocenters. The average Bonchev–Trinajstić information content (AvgIpc) is 3.20. The van der Waals surface area contributed by atoms with Crippen LogP contribution in [-0.4, -0.2) is 40.8 Å². The Morgan fingerprint density at radius 2 is 2.04 bits per heavy atom. The maximum absolute atomic E-state index is 12.5. The van der Waals surface area contributed by atoms with Crippen LogP contribution < -0.4 is 5.32 Å². The van der Waals surface area contributed by atoms with Gasteiger partial charge in [-0.3, -0.25) is 14.5 Å². The fourth-order valence-corrected chi connectivity index (χ4v) is 2.82. The highest BCUT2D eigenvalue weighted by Crippen LogP contribution is 2.20. The van der Waals surface area contributed by atoms with E-state index in [1.54, 1.807) is 30.1 Å². The van der Waals surface area contributed by atoms with Crippen molar-refractivity contribution >= 4 is 11.7 Å². The van der Waals surface area contributed by atoms with Crippen molar-refractivity contribution in [2.75, 3.05) is 19.6 Å². The summed E-state index contributed by atoms with van der Waals surface area (Å²) in [5, 5.41) is 2.96. The van der Waals surface area contributed by atoms with Gasteiger partial charge in [0.2, 0.25) is 0 Å². The minimum absolute atomic E-state index is 0.0218. The Morgan fingerprint density at radius 1 is 1.33 bits per heavy atom. The molecule has 24 heavy (non-hydrogen) atoms. The molecule has 0 aliphatic carbocycles. The summed E-state index contributed by atoms with van der Waals surface area (Å²) in [6, 6.07) is 5.37. The number of nitrogens with one attached hydrogen (secondary N) is 1. The third-order valence-electron chi connectivity index (χ3n) is 4.22. The largest absolute Gasteiger partial charge is 0.468 e. The number of furan rings is 1. The Hall–Kier alpha value is -2.34. The molecular formula is C18H25N3O3. The van der Waals surface area contributed by atoms with Gasteiger partial charge in [0.1, 0.15) is 11.5 Å². The highest BCUT2D eigenvalue weighted by molar-refractivity contribution is 5.99. The van der Waals surface area contributed by atoms with E-state index in [0.717, 1.165) is 18.8 Å². The summed E-state index contributed by atoms with van der Waals surface area (Å²) in [6.45, 7) is 7.81. The number of ketones is 1. The second kappa shape index (κ2) is 7.97.